The zero-order chi connectivity index (χ0) is 20.4. The van der Waals surface area contributed by atoms with Gasteiger partial charge in [-0.3, -0.25) is 9.59 Å². The average Bonchev–Trinajstić information content (AvgIpc) is 2.72. The van der Waals surface area contributed by atoms with Crippen LogP contribution in [0.4, 0.5) is 0 Å². The number of carbonyl (C=O) groups is 2. The quantitative estimate of drug-likeness (QED) is 0.866. The Kier molecular flexibility index (Phi) is 5.70. The van der Waals surface area contributed by atoms with Gasteiger partial charge in [0, 0.05) is 25.4 Å². The van der Waals surface area contributed by atoms with Gasteiger partial charge in [0.2, 0.25) is 11.8 Å². The van der Waals surface area contributed by atoms with E-state index >= 15 is 0 Å². The Hall–Kier alpha value is -2.62. The van der Waals surface area contributed by atoms with Crippen molar-refractivity contribution < 1.29 is 9.59 Å². The maximum Gasteiger partial charge on any atom is 0.243 e. The predicted molar refractivity (Wildman–Crippen MR) is 114 cm³/mol. The van der Waals surface area contributed by atoms with Crippen molar-refractivity contribution in [1.29, 1.82) is 0 Å². The fraction of sp³-hybridized carbons (Fsp3) is 0.440. The standard InChI is InChI=1S/C25H30N2O2/c1-17(2)13-24(28)27-16-21-10-6-5-9-20(21)15-23(27)25(29)26-22-12-11-18-7-3-4-8-19(18)14-22/h3-10,17,22-23H,11-16H2,1-2H3,(H,26,29). The summed E-state index contributed by atoms with van der Waals surface area (Å²) in [6.45, 7) is 4.61. The molecule has 4 rings (SSSR count). The summed E-state index contributed by atoms with van der Waals surface area (Å²) in [5, 5.41) is 3.27. The van der Waals surface area contributed by atoms with Crippen molar-refractivity contribution in [2.45, 2.75) is 64.6 Å². The predicted octanol–water partition coefficient (Wildman–Crippen LogP) is 3.66. The molecular weight excluding hydrogens is 360 g/mol. The average molecular weight is 391 g/mol. The number of carbonyl (C=O) groups excluding carboxylic acids is 2. The smallest absolute Gasteiger partial charge is 0.243 e. The number of benzene rings is 2. The van der Waals surface area contributed by atoms with Gasteiger partial charge < -0.3 is 10.2 Å². The van der Waals surface area contributed by atoms with Crippen LogP contribution in [0.25, 0.3) is 0 Å². The maximum absolute atomic E-state index is 13.3. The number of hydrogen-bond acceptors (Lipinski definition) is 2. The van der Waals surface area contributed by atoms with E-state index in [0.29, 0.717) is 19.4 Å². The van der Waals surface area contributed by atoms with Crippen molar-refractivity contribution in [3.05, 3.63) is 70.8 Å². The van der Waals surface area contributed by atoms with Crippen LogP contribution in [0.3, 0.4) is 0 Å². The van der Waals surface area contributed by atoms with Crippen LogP contribution in [0.2, 0.25) is 0 Å². The number of nitrogens with zero attached hydrogens (tertiary/aromatic N) is 1. The molecule has 0 radical (unpaired) electrons. The van der Waals surface area contributed by atoms with E-state index in [-0.39, 0.29) is 23.8 Å². The molecule has 0 spiro atoms. The second-order valence-electron chi connectivity index (χ2n) is 8.83. The lowest BCUT2D eigenvalue weighted by Gasteiger charge is -2.37. The molecule has 2 atom stereocenters. The van der Waals surface area contributed by atoms with Gasteiger partial charge in [-0.15, -0.1) is 0 Å². The first-order valence-corrected chi connectivity index (χ1v) is 10.7. The highest BCUT2D eigenvalue weighted by Gasteiger charge is 2.35. The van der Waals surface area contributed by atoms with Gasteiger partial charge in [-0.1, -0.05) is 62.4 Å². The maximum atomic E-state index is 13.3. The highest BCUT2D eigenvalue weighted by molar-refractivity contribution is 5.88. The SMILES string of the molecule is CC(C)CC(=O)N1Cc2ccccc2CC1C(=O)NC1CCc2ccccc2C1. The van der Waals surface area contributed by atoms with E-state index in [1.807, 2.05) is 26.0 Å². The molecule has 152 valence electrons. The minimum Gasteiger partial charge on any atom is -0.351 e. The lowest BCUT2D eigenvalue weighted by molar-refractivity contribution is -0.142. The van der Waals surface area contributed by atoms with Gasteiger partial charge >= 0.3 is 0 Å². The highest BCUT2D eigenvalue weighted by atomic mass is 16.2. The number of amides is 2. The molecule has 0 saturated carbocycles. The third-order valence-electron chi connectivity index (χ3n) is 6.15. The molecule has 2 unspecified atom stereocenters. The van der Waals surface area contributed by atoms with Crippen LogP contribution >= 0.6 is 0 Å². The molecule has 0 aromatic heterocycles. The normalized spacial score (nSPS) is 20.7. The molecule has 2 aromatic rings. The summed E-state index contributed by atoms with van der Waals surface area (Å²) < 4.78 is 0. The Labute approximate surface area is 173 Å². The summed E-state index contributed by atoms with van der Waals surface area (Å²) in [6, 6.07) is 16.4. The first-order chi connectivity index (χ1) is 14.0. The topological polar surface area (TPSA) is 49.4 Å². The molecule has 1 N–H and O–H groups in total. The first kappa shape index (κ1) is 19.7. The van der Waals surface area contributed by atoms with Gasteiger partial charge in [0.25, 0.3) is 0 Å². The summed E-state index contributed by atoms with van der Waals surface area (Å²) in [5.74, 6) is 0.336. The van der Waals surface area contributed by atoms with Gasteiger partial charge in [-0.25, -0.2) is 0 Å². The molecule has 29 heavy (non-hydrogen) atoms. The summed E-state index contributed by atoms with van der Waals surface area (Å²) in [4.78, 5) is 28.0. The molecule has 2 aliphatic rings. The number of rotatable bonds is 4. The molecule has 0 saturated heterocycles. The van der Waals surface area contributed by atoms with E-state index in [2.05, 4.69) is 41.7 Å². The van der Waals surface area contributed by atoms with Crippen LogP contribution in [0.15, 0.2) is 48.5 Å². The van der Waals surface area contributed by atoms with Crippen molar-refractivity contribution in [1.82, 2.24) is 10.2 Å². The van der Waals surface area contributed by atoms with Crippen molar-refractivity contribution in [3.8, 4) is 0 Å². The largest absolute Gasteiger partial charge is 0.351 e. The van der Waals surface area contributed by atoms with Crippen molar-refractivity contribution in [3.63, 3.8) is 0 Å². The third kappa shape index (κ3) is 4.36. The molecular formula is C25H30N2O2. The number of nitrogens with one attached hydrogen (secondary N) is 1. The third-order valence-corrected chi connectivity index (χ3v) is 6.15. The number of hydrogen-bond donors (Lipinski definition) is 1. The zero-order valence-corrected chi connectivity index (χ0v) is 17.4. The fourth-order valence-corrected chi connectivity index (χ4v) is 4.60. The van der Waals surface area contributed by atoms with Gasteiger partial charge in [0.05, 0.1) is 0 Å². The van der Waals surface area contributed by atoms with Crippen LogP contribution < -0.4 is 5.32 Å². The molecule has 4 nitrogen and oxygen atoms in total. The minimum atomic E-state index is -0.423. The number of aryl methyl sites for hydroxylation is 1. The van der Waals surface area contributed by atoms with E-state index in [1.54, 1.807) is 4.90 Å². The first-order valence-electron chi connectivity index (χ1n) is 10.7. The van der Waals surface area contributed by atoms with Crippen molar-refractivity contribution in [2.24, 2.45) is 5.92 Å². The van der Waals surface area contributed by atoms with Crippen LogP contribution in [-0.2, 0) is 35.4 Å². The molecule has 0 fully saturated rings. The summed E-state index contributed by atoms with van der Waals surface area (Å²) in [5.41, 5.74) is 5.04. The highest BCUT2D eigenvalue weighted by Crippen LogP contribution is 2.26. The Morgan fingerprint density at radius 2 is 1.59 bits per heavy atom. The van der Waals surface area contributed by atoms with Crippen molar-refractivity contribution >= 4 is 11.8 Å². The van der Waals surface area contributed by atoms with E-state index in [4.69, 9.17) is 0 Å². The Balaban J connectivity index is 1.51. The minimum absolute atomic E-state index is 0.0130. The van der Waals surface area contributed by atoms with Crippen LogP contribution in [0.1, 0.15) is 48.9 Å². The molecule has 1 aliphatic heterocycles. The fourth-order valence-electron chi connectivity index (χ4n) is 4.60. The van der Waals surface area contributed by atoms with Gasteiger partial charge in [-0.2, -0.15) is 0 Å². The van der Waals surface area contributed by atoms with Crippen LogP contribution in [-0.4, -0.2) is 28.8 Å². The molecule has 4 heteroatoms. The summed E-state index contributed by atoms with van der Waals surface area (Å²) >= 11 is 0. The second-order valence-corrected chi connectivity index (χ2v) is 8.83. The lowest BCUT2D eigenvalue weighted by Crippen LogP contribution is -2.55. The van der Waals surface area contributed by atoms with E-state index in [0.717, 1.165) is 24.8 Å². The monoisotopic (exact) mass is 390 g/mol. The Morgan fingerprint density at radius 1 is 0.966 bits per heavy atom. The second kappa shape index (κ2) is 8.40. The lowest BCUT2D eigenvalue weighted by atomic mass is 9.87. The van der Waals surface area contributed by atoms with E-state index in [9.17, 15) is 9.59 Å². The summed E-state index contributed by atoms with van der Waals surface area (Å²) in [7, 11) is 0. The molecule has 0 bridgehead atoms. The number of fused-ring (bicyclic) bond motifs is 2. The van der Waals surface area contributed by atoms with Gasteiger partial charge in [-0.05, 0) is 47.4 Å². The van der Waals surface area contributed by atoms with E-state index < -0.39 is 6.04 Å². The molecule has 2 amide bonds. The Morgan fingerprint density at radius 3 is 2.28 bits per heavy atom. The Bertz CT molecular complexity index is 905. The molecule has 2 aromatic carbocycles. The van der Waals surface area contributed by atoms with Crippen molar-refractivity contribution in [2.75, 3.05) is 0 Å². The summed E-state index contributed by atoms with van der Waals surface area (Å²) in [6.07, 6.45) is 3.87. The zero-order valence-electron chi connectivity index (χ0n) is 17.4. The van der Waals surface area contributed by atoms with Gasteiger partial charge in [0.1, 0.15) is 6.04 Å². The molecule has 1 heterocycles. The van der Waals surface area contributed by atoms with E-state index in [1.165, 1.54) is 16.7 Å². The van der Waals surface area contributed by atoms with Crippen LogP contribution in [0.5, 0.6) is 0 Å². The van der Waals surface area contributed by atoms with Crippen LogP contribution in [0, 0.1) is 5.92 Å². The van der Waals surface area contributed by atoms with Gasteiger partial charge in [0.15, 0.2) is 0 Å². The molecule has 1 aliphatic carbocycles.